The van der Waals surface area contributed by atoms with Crippen LogP contribution in [0.4, 0.5) is 4.79 Å². The van der Waals surface area contributed by atoms with Gasteiger partial charge in [0.05, 0.1) is 12.1 Å². The van der Waals surface area contributed by atoms with Crippen LogP contribution in [0.3, 0.4) is 0 Å². The summed E-state index contributed by atoms with van der Waals surface area (Å²) in [5.41, 5.74) is 0. The molecule has 0 N–H and O–H groups in total. The van der Waals surface area contributed by atoms with Crippen LogP contribution in [0.15, 0.2) is 72.8 Å². The lowest BCUT2D eigenvalue weighted by atomic mass is 9.80. The SMILES string of the molecule is CC(C)(C)[Si](O[C@H]1C[C@@H]2C[C@H]1[C@H]1[C@@H]2OC(=O)N1[C@@H]1C(=O)C[C@H]2C=C[C@@H]1C2)(c1ccccc1)c1ccccc1. The summed E-state index contributed by atoms with van der Waals surface area (Å²) in [6.45, 7) is 6.94. The average molecular weight is 528 g/mol. The number of benzene rings is 2. The fourth-order valence-electron chi connectivity index (χ4n) is 8.57. The molecule has 3 saturated carbocycles. The first-order valence-electron chi connectivity index (χ1n) is 14.3. The van der Waals surface area contributed by atoms with Crippen molar-refractivity contribution in [1.82, 2.24) is 4.90 Å². The largest absolute Gasteiger partial charge is 0.444 e. The molecule has 6 heteroatoms. The van der Waals surface area contributed by atoms with Gasteiger partial charge in [0.1, 0.15) is 12.1 Å². The van der Waals surface area contributed by atoms with E-state index in [1.807, 2.05) is 4.90 Å². The summed E-state index contributed by atoms with van der Waals surface area (Å²) in [4.78, 5) is 28.5. The molecule has 0 unspecified atom stereocenters. The lowest BCUT2D eigenvalue weighted by Gasteiger charge is -2.47. The molecule has 5 nitrogen and oxygen atoms in total. The number of carbonyl (C=O) groups excluding carboxylic acids is 2. The maximum absolute atomic E-state index is 13.3. The van der Waals surface area contributed by atoms with E-state index in [9.17, 15) is 9.59 Å². The predicted molar refractivity (Wildman–Crippen MR) is 149 cm³/mol. The number of amides is 1. The summed E-state index contributed by atoms with van der Waals surface area (Å²) in [5, 5.41) is 2.44. The van der Waals surface area contributed by atoms with E-state index < -0.39 is 8.32 Å². The Hall–Kier alpha value is -2.70. The number of ether oxygens (including phenoxy) is 1. The first-order chi connectivity index (χ1) is 18.3. The van der Waals surface area contributed by atoms with E-state index in [1.165, 1.54) is 10.4 Å². The van der Waals surface area contributed by atoms with Gasteiger partial charge in [-0.2, -0.15) is 0 Å². The van der Waals surface area contributed by atoms with Gasteiger partial charge < -0.3 is 9.16 Å². The fourth-order valence-corrected chi connectivity index (χ4v) is 13.3. The molecule has 38 heavy (non-hydrogen) atoms. The normalized spacial score (nSPS) is 35.6. The third-order valence-corrected chi connectivity index (χ3v) is 15.1. The maximum Gasteiger partial charge on any atom is 0.411 e. The Morgan fingerprint density at radius 2 is 1.55 bits per heavy atom. The molecule has 0 spiro atoms. The molecule has 5 aliphatic rings. The summed E-state index contributed by atoms with van der Waals surface area (Å²) in [7, 11) is -2.72. The zero-order valence-corrected chi connectivity index (χ0v) is 23.5. The van der Waals surface area contributed by atoms with Crippen LogP contribution in [0.2, 0.25) is 5.04 Å². The Balaban J connectivity index is 1.27. The van der Waals surface area contributed by atoms with E-state index >= 15 is 0 Å². The van der Waals surface area contributed by atoms with Gasteiger partial charge in [-0.1, -0.05) is 93.6 Å². The Bertz CT molecular complexity index is 1230. The zero-order chi connectivity index (χ0) is 26.2. The van der Waals surface area contributed by atoms with Crippen molar-refractivity contribution in [2.24, 2.45) is 23.7 Å². The number of hydrogen-bond acceptors (Lipinski definition) is 4. The summed E-state index contributed by atoms with van der Waals surface area (Å²) in [5.74, 6) is 1.11. The molecule has 2 aromatic rings. The lowest BCUT2D eigenvalue weighted by molar-refractivity contribution is -0.128. The number of allylic oxidation sites excluding steroid dienone is 1. The van der Waals surface area contributed by atoms with Crippen molar-refractivity contribution < 1.29 is 18.8 Å². The standard InChI is InChI=1S/C32H37NO4Si/c1-32(2,3)38(23-10-6-4-7-11-23,24-12-8-5-9-13-24)37-27-19-22-18-25(27)29-30(22)36-31(35)33(29)28-21-15-14-20(16-21)17-26(28)34/h4-15,20-22,25,27-30H,16-19H2,1-3H3/t20-,21+,22-,25+,27-,28-,29-,30+/m0/s1. The third kappa shape index (κ3) is 3.45. The molecule has 4 aliphatic carbocycles. The predicted octanol–water partition coefficient (Wildman–Crippen LogP) is 4.69. The maximum atomic E-state index is 13.3. The summed E-state index contributed by atoms with van der Waals surface area (Å²) in [6.07, 6.45) is 7.35. The number of hydrogen-bond donors (Lipinski definition) is 0. The Morgan fingerprint density at radius 1 is 0.895 bits per heavy atom. The molecule has 7 rings (SSSR count). The smallest absolute Gasteiger partial charge is 0.411 e. The van der Waals surface area contributed by atoms with Gasteiger partial charge in [-0.25, -0.2) is 4.79 Å². The van der Waals surface area contributed by atoms with Gasteiger partial charge in [0, 0.05) is 24.2 Å². The third-order valence-electron chi connectivity index (χ3n) is 10.0. The quantitative estimate of drug-likeness (QED) is 0.418. The van der Waals surface area contributed by atoms with E-state index in [2.05, 4.69) is 93.6 Å². The molecule has 0 radical (unpaired) electrons. The van der Waals surface area contributed by atoms with E-state index in [0.29, 0.717) is 12.3 Å². The topological polar surface area (TPSA) is 55.8 Å². The second-order valence-electron chi connectivity index (χ2n) is 13.1. The van der Waals surface area contributed by atoms with Gasteiger partial charge in [-0.15, -0.1) is 0 Å². The first-order valence-corrected chi connectivity index (χ1v) is 16.2. The highest BCUT2D eigenvalue weighted by atomic mass is 28.4. The first kappa shape index (κ1) is 24.3. The van der Waals surface area contributed by atoms with E-state index in [4.69, 9.17) is 9.16 Å². The number of fused-ring (bicyclic) bond motifs is 7. The van der Waals surface area contributed by atoms with E-state index in [0.717, 1.165) is 19.3 Å². The van der Waals surface area contributed by atoms with Crippen molar-refractivity contribution in [1.29, 1.82) is 0 Å². The van der Waals surface area contributed by atoms with Crippen molar-refractivity contribution in [3.05, 3.63) is 72.8 Å². The Morgan fingerprint density at radius 3 is 2.18 bits per heavy atom. The Labute approximate surface area is 226 Å². The number of Topliss-reactive ketones (excluding diaryl/α,β-unsaturated/α-hetero) is 1. The molecule has 1 aliphatic heterocycles. The lowest BCUT2D eigenvalue weighted by Crippen LogP contribution is -2.68. The number of carbonyl (C=O) groups is 2. The number of nitrogens with zero attached hydrogens (tertiary/aromatic N) is 1. The van der Waals surface area contributed by atoms with Crippen LogP contribution in [0.1, 0.15) is 46.5 Å². The molecular formula is C32H37NO4Si. The van der Waals surface area contributed by atoms with E-state index in [-0.39, 0.29) is 59.0 Å². The second kappa shape index (κ2) is 8.65. The molecule has 198 valence electrons. The Kier molecular flexibility index (Phi) is 5.54. The minimum Gasteiger partial charge on any atom is -0.444 e. The molecule has 2 aromatic carbocycles. The minimum atomic E-state index is -2.72. The molecule has 1 amide bonds. The highest BCUT2D eigenvalue weighted by molar-refractivity contribution is 6.99. The van der Waals surface area contributed by atoms with Crippen molar-refractivity contribution in [2.45, 2.75) is 75.8 Å². The zero-order valence-electron chi connectivity index (χ0n) is 22.5. The molecule has 8 atom stereocenters. The highest BCUT2D eigenvalue weighted by Crippen LogP contribution is 2.55. The van der Waals surface area contributed by atoms with Gasteiger partial charge in [-0.3, -0.25) is 9.69 Å². The molecule has 1 saturated heterocycles. The molecular weight excluding hydrogens is 490 g/mol. The monoisotopic (exact) mass is 527 g/mol. The number of rotatable bonds is 5. The molecule has 1 heterocycles. The van der Waals surface area contributed by atoms with Crippen molar-refractivity contribution >= 4 is 30.6 Å². The van der Waals surface area contributed by atoms with Gasteiger partial charge in [0.2, 0.25) is 0 Å². The van der Waals surface area contributed by atoms with Crippen LogP contribution in [0.5, 0.6) is 0 Å². The molecule has 4 bridgehead atoms. The van der Waals surface area contributed by atoms with Crippen LogP contribution >= 0.6 is 0 Å². The molecule has 4 fully saturated rings. The van der Waals surface area contributed by atoms with Gasteiger partial charge >= 0.3 is 6.09 Å². The van der Waals surface area contributed by atoms with Crippen molar-refractivity contribution in [3.8, 4) is 0 Å². The summed E-state index contributed by atoms with van der Waals surface area (Å²) >= 11 is 0. The fraction of sp³-hybridized carbons (Fsp3) is 0.500. The van der Waals surface area contributed by atoms with Crippen LogP contribution in [0, 0.1) is 23.7 Å². The minimum absolute atomic E-state index is 0.0233. The van der Waals surface area contributed by atoms with Crippen LogP contribution in [-0.2, 0) is 14.0 Å². The van der Waals surface area contributed by atoms with Crippen LogP contribution in [0.25, 0.3) is 0 Å². The summed E-state index contributed by atoms with van der Waals surface area (Å²) in [6, 6.07) is 21.1. The van der Waals surface area contributed by atoms with Crippen molar-refractivity contribution in [3.63, 3.8) is 0 Å². The summed E-state index contributed by atoms with van der Waals surface area (Å²) < 4.78 is 13.6. The van der Waals surface area contributed by atoms with Gasteiger partial charge in [-0.05, 0) is 40.6 Å². The van der Waals surface area contributed by atoms with Gasteiger partial charge in [0.15, 0.2) is 5.78 Å². The number of ketones is 1. The van der Waals surface area contributed by atoms with Crippen molar-refractivity contribution in [2.75, 3.05) is 0 Å². The molecule has 0 aromatic heterocycles. The highest BCUT2D eigenvalue weighted by Gasteiger charge is 2.66. The van der Waals surface area contributed by atoms with Crippen LogP contribution < -0.4 is 10.4 Å². The second-order valence-corrected chi connectivity index (χ2v) is 17.4. The average Bonchev–Trinajstić information content (AvgIpc) is 3.65. The van der Waals surface area contributed by atoms with Crippen LogP contribution in [-0.4, -0.2) is 49.4 Å². The van der Waals surface area contributed by atoms with Gasteiger partial charge in [0.25, 0.3) is 8.32 Å². The van der Waals surface area contributed by atoms with E-state index in [1.54, 1.807) is 0 Å².